The number of nitrogens with one attached hydrogen (secondary N) is 1. The molecular formula is C15H12ClF2NO2. The van der Waals surface area contributed by atoms with Gasteiger partial charge in [-0.1, -0.05) is 12.1 Å². The summed E-state index contributed by atoms with van der Waals surface area (Å²) < 4.78 is 28.3. The van der Waals surface area contributed by atoms with Gasteiger partial charge in [0.05, 0.1) is 0 Å². The Kier molecular flexibility index (Phi) is 5.11. The van der Waals surface area contributed by atoms with Crippen molar-refractivity contribution in [3.8, 4) is 5.75 Å². The third kappa shape index (κ3) is 4.43. The Bertz CT molecular complexity index is 617. The number of ether oxygens (including phenoxy) is 1. The van der Waals surface area contributed by atoms with E-state index in [1.807, 2.05) is 6.07 Å². The fourth-order valence-electron chi connectivity index (χ4n) is 1.72. The van der Waals surface area contributed by atoms with Crippen LogP contribution in [0.25, 0.3) is 0 Å². The molecule has 2 rings (SSSR count). The maximum absolute atomic E-state index is 12.0. The molecule has 0 aliphatic carbocycles. The van der Waals surface area contributed by atoms with Crippen molar-refractivity contribution in [2.75, 3.05) is 5.32 Å². The van der Waals surface area contributed by atoms with E-state index in [4.69, 9.17) is 11.6 Å². The van der Waals surface area contributed by atoms with E-state index in [1.54, 1.807) is 18.2 Å². The van der Waals surface area contributed by atoms with Gasteiger partial charge in [-0.2, -0.15) is 8.78 Å². The quantitative estimate of drug-likeness (QED) is 0.837. The van der Waals surface area contributed by atoms with Crippen LogP contribution in [0.5, 0.6) is 5.75 Å². The Morgan fingerprint density at radius 1 is 1.19 bits per heavy atom. The second-order valence-electron chi connectivity index (χ2n) is 4.19. The lowest BCUT2D eigenvalue weighted by atomic mass is 10.2. The first-order valence-corrected chi connectivity index (χ1v) is 6.63. The Balaban J connectivity index is 2.05. The van der Waals surface area contributed by atoms with E-state index in [-0.39, 0.29) is 11.7 Å². The molecule has 0 aliphatic rings. The maximum atomic E-state index is 12.0. The highest BCUT2D eigenvalue weighted by molar-refractivity contribution is 6.17. The van der Waals surface area contributed by atoms with Crippen LogP contribution < -0.4 is 10.1 Å². The molecule has 0 heterocycles. The Morgan fingerprint density at radius 3 is 2.52 bits per heavy atom. The van der Waals surface area contributed by atoms with Crippen molar-refractivity contribution in [3.05, 3.63) is 59.7 Å². The van der Waals surface area contributed by atoms with Gasteiger partial charge in [-0.15, -0.1) is 11.6 Å². The SMILES string of the molecule is O=C(Nc1cccc(CCl)c1)c1ccc(OC(F)F)cc1. The third-order valence-electron chi connectivity index (χ3n) is 2.68. The van der Waals surface area contributed by atoms with Gasteiger partial charge in [0.25, 0.3) is 5.91 Å². The molecule has 110 valence electrons. The molecular weight excluding hydrogens is 300 g/mol. The molecule has 0 aliphatic heterocycles. The molecule has 0 saturated carbocycles. The van der Waals surface area contributed by atoms with E-state index in [0.717, 1.165) is 5.56 Å². The van der Waals surface area contributed by atoms with Crippen molar-refractivity contribution in [2.24, 2.45) is 0 Å². The molecule has 21 heavy (non-hydrogen) atoms. The van der Waals surface area contributed by atoms with Crippen molar-refractivity contribution in [3.63, 3.8) is 0 Å². The molecule has 0 fully saturated rings. The van der Waals surface area contributed by atoms with E-state index in [2.05, 4.69) is 10.1 Å². The smallest absolute Gasteiger partial charge is 0.387 e. The Labute approximate surface area is 125 Å². The number of amides is 1. The number of carbonyl (C=O) groups is 1. The van der Waals surface area contributed by atoms with E-state index in [0.29, 0.717) is 17.1 Å². The average molecular weight is 312 g/mol. The lowest BCUT2D eigenvalue weighted by Crippen LogP contribution is -2.12. The average Bonchev–Trinajstić information content (AvgIpc) is 2.47. The van der Waals surface area contributed by atoms with E-state index < -0.39 is 6.61 Å². The van der Waals surface area contributed by atoms with Crippen molar-refractivity contribution in [1.82, 2.24) is 0 Å². The second kappa shape index (κ2) is 7.04. The lowest BCUT2D eigenvalue weighted by Gasteiger charge is -2.08. The van der Waals surface area contributed by atoms with Gasteiger partial charge >= 0.3 is 6.61 Å². The zero-order valence-electron chi connectivity index (χ0n) is 10.9. The summed E-state index contributed by atoms with van der Waals surface area (Å²) in [5.74, 6) is 0.0135. The number of halogens is 3. The first kappa shape index (κ1) is 15.3. The van der Waals surface area contributed by atoms with Crippen LogP contribution in [0.4, 0.5) is 14.5 Å². The Morgan fingerprint density at radius 2 is 1.90 bits per heavy atom. The number of carbonyl (C=O) groups excluding carboxylic acids is 1. The summed E-state index contributed by atoms with van der Waals surface area (Å²) in [6.45, 7) is -2.89. The van der Waals surface area contributed by atoms with Gasteiger partial charge in [0, 0.05) is 17.1 Å². The van der Waals surface area contributed by atoms with Crippen molar-refractivity contribution in [2.45, 2.75) is 12.5 Å². The molecule has 3 nitrogen and oxygen atoms in total. The van der Waals surface area contributed by atoms with Crippen molar-refractivity contribution >= 4 is 23.2 Å². The summed E-state index contributed by atoms with van der Waals surface area (Å²) in [5.41, 5.74) is 1.84. The highest BCUT2D eigenvalue weighted by Crippen LogP contribution is 2.17. The zero-order valence-corrected chi connectivity index (χ0v) is 11.6. The minimum absolute atomic E-state index is 0.00527. The number of hydrogen-bond donors (Lipinski definition) is 1. The van der Waals surface area contributed by atoms with Crippen LogP contribution in [0.15, 0.2) is 48.5 Å². The molecule has 2 aromatic carbocycles. The van der Waals surface area contributed by atoms with Crippen LogP contribution in [-0.4, -0.2) is 12.5 Å². The topological polar surface area (TPSA) is 38.3 Å². The van der Waals surface area contributed by atoms with Gasteiger partial charge < -0.3 is 10.1 Å². The zero-order chi connectivity index (χ0) is 15.2. The number of benzene rings is 2. The summed E-state index contributed by atoms with van der Waals surface area (Å²) >= 11 is 5.72. The van der Waals surface area contributed by atoms with E-state index in [9.17, 15) is 13.6 Å². The van der Waals surface area contributed by atoms with Crippen LogP contribution in [0.2, 0.25) is 0 Å². The Hall–Kier alpha value is -2.14. The fraction of sp³-hybridized carbons (Fsp3) is 0.133. The van der Waals surface area contributed by atoms with Gasteiger partial charge in [0.2, 0.25) is 0 Å². The van der Waals surface area contributed by atoms with Gasteiger partial charge in [-0.3, -0.25) is 4.79 Å². The largest absolute Gasteiger partial charge is 0.435 e. The summed E-state index contributed by atoms with van der Waals surface area (Å²) in [7, 11) is 0. The number of hydrogen-bond acceptors (Lipinski definition) is 2. The van der Waals surface area contributed by atoms with Gasteiger partial charge in [0.1, 0.15) is 5.75 Å². The summed E-state index contributed by atoms with van der Waals surface area (Å²) in [4.78, 5) is 12.0. The predicted molar refractivity (Wildman–Crippen MR) is 77.0 cm³/mol. The van der Waals surface area contributed by atoms with Crippen molar-refractivity contribution < 1.29 is 18.3 Å². The lowest BCUT2D eigenvalue weighted by molar-refractivity contribution is -0.0498. The van der Waals surface area contributed by atoms with Gasteiger partial charge in [-0.25, -0.2) is 0 Å². The van der Waals surface area contributed by atoms with Gasteiger partial charge in [0.15, 0.2) is 0 Å². The van der Waals surface area contributed by atoms with E-state index in [1.165, 1.54) is 24.3 Å². The molecule has 2 aromatic rings. The molecule has 1 N–H and O–H groups in total. The van der Waals surface area contributed by atoms with Crippen LogP contribution in [0.3, 0.4) is 0 Å². The highest BCUT2D eigenvalue weighted by Gasteiger charge is 2.08. The summed E-state index contributed by atoms with van der Waals surface area (Å²) in [6.07, 6.45) is 0. The second-order valence-corrected chi connectivity index (χ2v) is 4.46. The van der Waals surface area contributed by atoms with Crippen molar-refractivity contribution in [1.29, 1.82) is 0 Å². The minimum atomic E-state index is -2.89. The molecule has 0 aromatic heterocycles. The number of rotatable bonds is 5. The number of anilines is 1. The summed E-state index contributed by atoms with van der Waals surface area (Å²) in [6, 6.07) is 12.6. The minimum Gasteiger partial charge on any atom is -0.435 e. The molecule has 0 unspecified atom stereocenters. The standard InChI is InChI=1S/C15H12ClF2NO2/c16-9-10-2-1-3-12(8-10)19-14(20)11-4-6-13(7-5-11)21-15(17)18/h1-8,15H,9H2,(H,19,20). The number of alkyl halides is 3. The van der Waals surface area contributed by atoms with Crippen LogP contribution in [-0.2, 0) is 5.88 Å². The first-order chi connectivity index (χ1) is 10.1. The van der Waals surface area contributed by atoms with Gasteiger partial charge in [-0.05, 0) is 42.0 Å². The van der Waals surface area contributed by atoms with Crippen LogP contribution in [0.1, 0.15) is 15.9 Å². The van der Waals surface area contributed by atoms with Crippen LogP contribution in [0, 0.1) is 0 Å². The van der Waals surface area contributed by atoms with E-state index >= 15 is 0 Å². The predicted octanol–water partition coefficient (Wildman–Crippen LogP) is 4.28. The maximum Gasteiger partial charge on any atom is 0.387 e. The highest BCUT2D eigenvalue weighted by atomic mass is 35.5. The molecule has 0 radical (unpaired) electrons. The molecule has 1 amide bonds. The molecule has 6 heteroatoms. The summed E-state index contributed by atoms with van der Waals surface area (Å²) in [5, 5.41) is 2.71. The molecule has 0 bridgehead atoms. The van der Waals surface area contributed by atoms with Crippen LogP contribution >= 0.6 is 11.6 Å². The molecule has 0 atom stereocenters. The normalized spacial score (nSPS) is 10.5. The monoisotopic (exact) mass is 311 g/mol. The molecule has 0 spiro atoms. The third-order valence-corrected chi connectivity index (χ3v) is 2.99. The fourth-order valence-corrected chi connectivity index (χ4v) is 1.89. The molecule has 0 saturated heterocycles. The first-order valence-electron chi connectivity index (χ1n) is 6.09.